The summed E-state index contributed by atoms with van der Waals surface area (Å²) in [6.45, 7) is 4.21. The van der Waals surface area contributed by atoms with Crippen LogP contribution in [0.15, 0.2) is 12.4 Å². The van der Waals surface area contributed by atoms with Crippen LogP contribution in [-0.2, 0) is 13.1 Å². The summed E-state index contributed by atoms with van der Waals surface area (Å²) >= 11 is 0. The van der Waals surface area contributed by atoms with Crippen molar-refractivity contribution in [3.05, 3.63) is 18.2 Å². The average Bonchev–Trinajstić information content (AvgIpc) is 2.85. The van der Waals surface area contributed by atoms with Crippen LogP contribution in [0.5, 0.6) is 0 Å². The van der Waals surface area contributed by atoms with Crippen LogP contribution >= 0.6 is 0 Å². The van der Waals surface area contributed by atoms with Crippen LogP contribution in [0.1, 0.15) is 51.3 Å². The molecule has 0 aliphatic carbocycles. The van der Waals surface area contributed by atoms with Crippen molar-refractivity contribution in [2.75, 3.05) is 7.05 Å². The first-order valence-electron chi connectivity index (χ1n) is 8.23. The molecule has 1 aromatic rings. The maximum absolute atomic E-state index is 4.50. The van der Waals surface area contributed by atoms with Crippen LogP contribution in [0.2, 0.25) is 0 Å². The fourth-order valence-corrected chi connectivity index (χ4v) is 3.97. The Morgan fingerprint density at radius 2 is 2.05 bits per heavy atom. The highest BCUT2D eigenvalue weighted by Crippen LogP contribution is 2.32. The van der Waals surface area contributed by atoms with E-state index in [4.69, 9.17) is 0 Å². The van der Waals surface area contributed by atoms with Gasteiger partial charge in [-0.2, -0.15) is 0 Å². The van der Waals surface area contributed by atoms with Gasteiger partial charge in [-0.3, -0.25) is 0 Å². The van der Waals surface area contributed by atoms with Crippen LogP contribution in [0.3, 0.4) is 0 Å². The Kier molecular flexibility index (Phi) is 4.41. The van der Waals surface area contributed by atoms with Gasteiger partial charge in [-0.1, -0.05) is 13.3 Å². The highest BCUT2D eigenvalue weighted by atomic mass is 15.2. The third-order valence-corrected chi connectivity index (χ3v) is 5.15. The molecule has 3 heterocycles. The fraction of sp³-hybridized carbons (Fsp3) is 0.812. The lowest BCUT2D eigenvalue weighted by molar-refractivity contribution is 0.0480. The highest BCUT2D eigenvalue weighted by molar-refractivity contribution is 4.96. The van der Waals surface area contributed by atoms with Crippen molar-refractivity contribution in [3.8, 4) is 0 Å². The van der Waals surface area contributed by atoms with E-state index in [1.54, 1.807) is 0 Å². The largest absolute Gasteiger partial charge is 0.334 e. The van der Waals surface area contributed by atoms with Gasteiger partial charge in [0.1, 0.15) is 5.82 Å². The Bertz CT molecular complexity index is 414. The van der Waals surface area contributed by atoms with E-state index in [9.17, 15) is 0 Å². The summed E-state index contributed by atoms with van der Waals surface area (Å²) in [6, 6.07) is 2.28. The minimum atomic E-state index is 0.674. The lowest BCUT2D eigenvalue weighted by Gasteiger charge is -2.47. The van der Waals surface area contributed by atoms with Crippen molar-refractivity contribution >= 4 is 0 Å². The van der Waals surface area contributed by atoms with E-state index in [-0.39, 0.29) is 0 Å². The molecule has 2 atom stereocenters. The number of aryl methyl sites for hydroxylation is 1. The lowest BCUT2D eigenvalue weighted by atomic mass is 9.82. The predicted molar refractivity (Wildman–Crippen MR) is 81.6 cm³/mol. The number of nitrogens with zero attached hydrogens (tertiary/aromatic N) is 3. The summed E-state index contributed by atoms with van der Waals surface area (Å²) in [5.41, 5.74) is 0. The van der Waals surface area contributed by atoms with E-state index in [1.807, 2.05) is 6.20 Å². The number of piperidine rings is 2. The van der Waals surface area contributed by atoms with Crippen molar-refractivity contribution in [1.82, 2.24) is 19.8 Å². The Morgan fingerprint density at radius 1 is 1.30 bits per heavy atom. The number of fused-ring (bicyclic) bond motifs is 2. The normalized spacial score (nSPS) is 30.6. The Morgan fingerprint density at radius 3 is 2.75 bits per heavy atom. The molecule has 0 aromatic carbocycles. The standard InChI is InChI=1S/C16H28N4/c1-3-8-20-9-7-17-16(20)12-18-13-10-14-5-4-6-15(11-13)19(14)2/h7,9,13-15,18H,3-6,8,10-12H2,1-2H3. The van der Waals surface area contributed by atoms with Crippen LogP contribution in [0.4, 0.5) is 0 Å². The number of hydrogen-bond donors (Lipinski definition) is 1. The summed E-state index contributed by atoms with van der Waals surface area (Å²) in [7, 11) is 2.32. The Labute approximate surface area is 122 Å². The molecule has 2 unspecified atom stereocenters. The average molecular weight is 276 g/mol. The first-order valence-corrected chi connectivity index (χ1v) is 8.23. The second-order valence-corrected chi connectivity index (χ2v) is 6.49. The maximum atomic E-state index is 4.50. The molecule has 1 aromatic heterocycles. The van der Waals surface area contributed by atoms with E-state index in [2.05, 4.69) is 39.9 Å². The first kappa shape index (κ1) is 14.1. The summed E-state index contributed by atoms with van der Waals surface area (Å²) in [5.74, 6) is 1.19. The number of hydrogen-bond acceptors (Lipinski definition) is 3. The molecule has 1 N–H and O–H groups in total. The summed E-state index contributed by atoms with van der Waals surface area (Å²) in [4.78, 5) is 7.12. The summed E-state index contributed by atoms with van der Waals surface area (Å²) in [6.07, 6.45) is 12.0. The van der Waals surface area contributed by atoms with Crippen molar-refractivity contribution in [3.63, 3.8) is 0 Å². The van der Waals surface area contributed by atoms with Gasteiger partial charge in [0.2, 0.25) is 0 Å². The number of nitrogens with one attached hydrogen (secondary N) is 1. The minimum absolute atomic E-state index is 0.674. The summed E-state index contributed by atoms with van der Waals surface area (Å²) in [5, 5.41) is 3.76. The lowest BCUT2D eigenvalue weighted by Crippen LogP contribution is -2.54. The van der Waals surface area contributed by atoms with Gasteiger partial charge >= 0.3 is 0 Å². The monoisotopic (exact) mass is 276 g/mol. The number of aromatic nitrogens is 2. The van der Waals surface area contributed by atoms with Gasteiger partial charge in [-0.15, -0.1) is 0 Å². The number of rotatable bonds is 5. The van der Waals surface area contributed by atoms with E-state index >= 15 is 0 Å². The van der Waals surface area contributed by atoms with Crippen molar-refractivity contribution in [2.24, 2.45) is 0 Å². The highest BCUT2D eigenvalue weighted by Gasteiger charge is 2.35. The molecule has 2 saturated heterocycles. The van der Waals surface area contributed by atoms with Crippen LogP contribution < -0.4 is 5.32 Å². The van der Waals surface area contributed by atoms with E-state index in [0.717, 1.165) is 25.2 Å². The zero-order valence-electron chi connectivity index (χ0n) is 12.9. The van der Waals surface area contributed by atoms with Gasteiger partial charge in [-0.25, -0.2) is 4.98 Å². The van der Waals surface area contributed by atoms with E-state index < -0.39 is 0 Å². The molecule has 2 fully saturated rings. The third kappa shape index (κ3) is 2.91. The molecular weight excluding hydrogens is 248 g/mol. The van der Waals surface area contributed by atoms with Gasteiger partial charge in [-0.05, 0) is 39.2 Å². The molecular formula is C16H28N4. The molecule has 112 valence electrons. The molecule has 4 nitrogen and oxygen atoms in total. The zero-order valence-corrected chi connectivity index (χ0v) is 12.9. The molecule has 2 aliphatic heterocycles. The van der Waals surface area contributed by atoms with Crippen molar-refractivity contribution in [1.29, 1.82) is 0 Å². The molecule has 2 aliphatic rings. The van der Waals surface area contributed by atoms with Crippen LogP contribution in [0, 0.1) is 0 Å². The second kappa shape index (κ2) is 6.27. The molecule has 0 radical (unpaired) electrons. The summed E-state index contributed by atoms with van der Waals surface area (Å²) < 4.78 is 2.28. The molecule has 3 rings (SSSR count). The van der Waals surface area contributed by atoms with Gasteiger partial charge in [0.25, 0.3) is 0 Å². The Balaban J connectivity index is 1.55. The topological polar surface area (TPSA) is 33.1 Å². The van der Waals surface area contributed by atoms with Crippen LogP contribution in [-0.4, -0.2) is 39.6 Å². The van der Waals surface area contributed by atoms with Crippen LogP contribution in [0.25, 0.3) is 0 Å². The molecule has 0 amide bonds. The van der Waals surface area contributed by atoms with E-state index in [0.29, 0.717) is 6.04 Å². The molecule has 0 spiro atoms. The zero-order chi connectivity index (χ0) is 13.9. The molecule has 0 saturated carbocycles. The fourth-order valence-electron chi connectivity index (χ4n) is 3.97. The number of imidazole rings is 1. The van der Waals surface area contributed by atoms with Gasteiger partial charge in [0.15, 0.2) is 0 Å². The van der Waals surface area contributed by atoms with Gasteiger partial charge in [0, 0.05) is 37.1 Å². The molecule has 4 heteroatoms. The van der Waals surface area contributed by atoms with Crippen molar-refractivity contribution < 1.29 is 0 Å². The van der Waals surface area contributed by atoms with Gasteiger partial charge < -0.3 is 14.8 Å². The first-order chi connectivity index (χ1) is 9.78. The van der Waals surface area contributed by atoms with Crippen molar-refractivity contribution in [2.45, 2.75) is 76.7 Å². The molecule has 20 heavy (non-hydrogen) atoms. The smallest absolute Gasteiger partial charge is 0.122 e. The third-order valence-electron chi connectivity index (χ3n) is 5.15. The molecule has 2 bridgehead atoms. The maximum Gasteiger partial charge on any atom is 0.122 e. The van der Waals surface area contributed by atoms with E-state index in [1.165, 1.54) is 44.3 Å². The SMILES string of the molecule is CCCn1ccnc1CNC1CC2CCCC(C1)N2C. The predicted octanol–water partition coefficient (Wildman–Crippen LogP) is 2.40. The quantitative estimate of drug-likeness (QED) is 0.896. The minimum Gasteiger partial charge on any atom is -0.334 e. The second-order valence-electron chi connectivity index (χ2n) is 6.49. The van der Waals surface area contributed by atoms with Gasteiger partial charge in [0.05, 0.1) is 6.54 Å². The Hall–Kier alpha value is -0.870.